The number of carboxylic acids is 1. The summed E-state index contributed by atoms with van der Waals surface area (Å²) >= 11 is 0. The SMILES string of the molecule is O=C(O)c1cccc(C2=CCCCC2)c1C(F)(F)F. The van der Waals surface area contributed by atoms with E-state index in [1.54, 1.807) is 6.08 Å². The summed E-state index contributed by atoms with van der Waals surface area (Å²) in [6, 6.07) is 3.72. The van der Waals surface area contributed by atoms with Crippen LogP contribution in [0.25, 0.3) is 5.57 Å². The van der Waals surface area contributed by atoms with Gasteiger partial charge in [-0.3, -0.25) is 0 Å². The van der Waals surface area contributed by atoms with E-state index >= 15 is 0 Å². The van der Waals surface area contributed by atoms with Crippen molar-refractivity contribution in [2.45, 2.75) is 31.9 Å². The van der Waals surface area contributed by atoms with Gasteiger partial charge < -0.3 is 5.11 Å². The van der Waals surface area contributed by atoms with Gasteiger partial charge in [0, 0.05) is 0 Å². The van der Waals surface area contributed by atoms with Crippen molar-refractivity contribution in [1.29, 1.82) is 0 Å². The van der Waals surface area contributed by atoms with Crippen LogP contribution in [0.2, 0.25) is 0 Å². The highest BCUT2D eigenvalue weighted by Gasteiger charge is 2.38. The first-order chi connectivity index (χ1) is 8.91. The van der Waals surface area contributed by atoms with Gasteiger partial charge in [0.2, 0.25) is 0 Å². The molecule has 0 heterocycles. The van der Waals surface area contributed by atoms with Crippen LogP contribution in [0.5, 0.6) is 0 Å². The Morgan fingerprint density at radius 2 is 1.95 bits per heavy atom. The Morgan fingerprint density at radius 1 is 1.21 bits per heavy atom. The monoisotopic (exact) mass is 270 g/mol. The number of carbonyl (C=O) groups is 1. The third-order valence-electron chi connectivity index (χ3n) is 3.22. The molecule has 5 heteroatoms. The lowest BCUT2D eigenvalue weighted by Crippen LogP contribution is -2.16. The van der Waals surface area contributed by atoms with Gasteiger partial charge in [-0.1, -0.05) is 18.2 Å². The van der Waals surface area contributed by atoms with Gasteiger partial charge in [-0.25, -0.2) is 4.79 Å². The van der Waals surface area contributed by atoms with Crippen LogP contribution in [0.4, 0.5) is 13.2 Å². The fourth-order valence-electron chi connectivity index (χ4n) is 2.39. The quantitative estimate of drug-likeness (QED) is 0.866. The Bertz CT molecular complexity index is 530. The Kier molecular flexibility index (Phi) is 3.64. The number of allylic oxidation sites excluding steroid dienone is 2. The molecule has 1 aliphatic rings. The number of hydrogen-bond donors (Lipinski definition) is 1. The molecule has 0 saturated heterocycles. The van der Waals surface area contributed by atoms with Crippen LogP contribution in [0.1, 0.15) is 47.2 Å². The number of hydrogen-bond acceptors (Lipinski definition) is 1. The normalized spacial score (nSPS) is 16.1. The predicted molar refractivity (Wildman–Crippen MR) is 64.8 cm³/mol. The zero-order chi connectivity index (χ0) is 14.0. The highest BCUT2D eigenvalue weighted by atomic mass is 19.4. The van der Waals surface area contributed by atoms with Crippen LogP contribution < -0.4 is 0 Å². The van der Waals surface area contributed by atoms with E-state index < -0.39 is 23.3 Å². The highest BCUT2D eigenvalue weighted by Crippen LogP contribution is 2.39. The molecule has 19 heavy (non-hydrogen) atoms. The summed E-state index contributed by atoms with van der Waals surface area (Å²) in [4.78, 5) is 11.0. The van der Waals surface area contributed by atoms with Crippen LogP contribution in [-0.4, -0.2) is 11.1 Å². The molecule has 1 aliphatic carbocycles. The van der Waals surface area contributed by atoms with E-state index in [1.165, 1.54) is 12.1 Å². The van der Waals surface area contributed by atoms with E-state index in [-0.39, 0.29) is 5.56 Å². The molecule has 0 amide bonds. The summed E-state index contributed by atoms with van der Waals surface area (Å²) in [6.45, 7) is 0. The van der Waals surface area contributed by atoms with E-state index in [0.29, 0.717) is 12.0 Å². The molecule has 0 spiro atoms. The average Bonchev–Trinajstić information content (AvgIpc) is 2.38. The fourth-order valence-corrected chi connectivity index (χ4v) is 2.39. The molecule has 2 rings (SSSR count). The molecule has 1 aromatic rings. The van der Waals surface area contributed by atoms with Crippen LogP contribution in [0, 0.1) is 0 Å². The van der Waals surface area contributed by atoms with Crippen molar-refractivity contribution in [1.82, 2.24) is 0 Å². The Labute approximate surface area is 108 Å². The van der Waals surface area contributed by atoms with Gasteiger partial charge >= 0.3 is 12.1 Å². The minimum absolute atomic E-state index is 0.00657. The number of benzene rings is 1. The number of aromatic carboxylic acids is 1. The molecule has 1 N–H and O–H groups in total. The lowest BCUT2D eigenvalue weighted by Gasteiger charge is -2.19. The van der Waals surface area contributed by atoms with Crippen LogP contribution in [0.3, 0.4) is 0 Å². The lowest BCUT2D eigenvalue weighted by atomic mass is 9.88. The molecule has 0 saturated carbocycles. The molecule has 1 aromatic carbocycles. The zero-order valence-electron chi connectivity index (χ0n) is 10.1. The molecule has 0 fully saturated rings. The average molecular weight is 270 g/mol. The Morgan fingerprint density at radius 3 is 2.47 bits per heavy atom. The second-order valence-corrected chi connectivity index (χ2v) is 4.51. The molecular weight excluding hydrogens is 257 g/mol. The zero-order valence-corrected chi connectivity index (χ0v) is 10.1. The first kappa shape index (κ1) is 13.6. The fraction of sp³-hybridized carbons (Fsp3) is 0.357. The van der Waals surface area contributed by atoms with Gasteiger partial charge in [-0.05, 0) is 42.9 Å². The van der Waals surface area contributed by atoms with Crippen molar-refractivity contribution in [2.75, 3.05) is 0 Å². The maximum Gasteiger partial charge on any atom is 0.417 e. The molecule has 0 aromatic heterocycles. The minimum Gasteiger partial charge on any atom is -0.478 e. The molecule has 0 bridgehead atoms. The second kappa shape index (κ2) is 5.07. The summed E-state index contributed by atoms with van der Waals surface area (Å²) in [5.74, 6) is -1.55. The first-order valence-corrected chi connectivity index (χ1v) is 6.04. The third kappa shape index (κ3) is 2.80. The minimum atomic E-state index is -4.66. The predicted octanol–water partition coefficient (Wildman–Crippen LogP) is 4.36. The molecule has 0 atom stereocenters. The lowest BCUT2D eigenvalue weighted by molar-refractivity contribution is -0.138. The second-order valence-electron chi connectivity index (χ2n) is 4.51. The van der Waals surface area contributed by atoms with Crippen molar-refractivity contribution >= 4 is 11.5 Å². The molecule has 102 valence electrons. The molecular formula is C14H13F3O2. The van der Waals surface area contributed by atoms with Gasteiger partial charge in [0.25, 0.3) is 0 Å². The third-order valence-corrected chi connectivity index (χ3v) is 3.22. The standard InChI is InChI=1S/C14H13F3O2/c15-14(16,17)12-10(9-5-2-1-3-6-9)7-4-8-11(12)13(18)19/h4-5,7-8H,1-3,6H2,(H,18,19). The molecule has 0 radical (unpaired) electrons. The van der Waals surface area contributed by atoms with Crippen molar-refractivity contribution in [3.8, 4) is 0 Å². The highest BCUT2D eigenvalue weighted by molar-refractivity contribution is 5.91. The number of carboxylic acid groups (broad SMARTS) is 1. The van der Waals surface area contributed by atoms with Crippen LogP contribution in [-0.2, 0) is 6.18 Å². The van der Waals surface area contributed by atoms with Gasteiger partial charge in [0.15, 0.2) is 0 Å². The van der Waals surface area contributed by atoms with Gasteiger partial charge in [0.1, 0.15) is 0 Å². The maximum atomic E-state index is 13.1. The summed E-state index contributed by atoms with van der Waals surface area (Å²) in [7, 11) is 0. The summed E-state index contributed by atoms with van der Waals surface area (Å²) in [6.07, 6.45) is 0.211. The summed E-state index contributed by atoms with van der Waals surface area (Å²) < 4.78 is 39.4. The topological polar surface area (TPSA) is 37.3 Å². The van der Waals surface area contributed by atoms with Crippen molar-refractivity contribution in [3.05, 3.63) is 41.0 Å². The van der Waals surface area contributed by atoms with Crippen molar-refractivity contribution < 1.29 is 23.1 Å². The van der Waals surface area contributed by atoms with Gasteiger partial charge in [-0.15, -0.1) is 0 Å². The van der Waals surface area contributed by atoms with E-state index in [2.05, 4.69) is 0 Å². The smallest absolute Gasteiger partial charge is 0.417 e. The van der Waals surface area contributed by atoms with Crippen LogP contribution >= 0.6 is 0 Å². The van der Waals surface area contributed by atoms with E-state index in [0.717, 1.165) is 25.3 Å². The van der Waals surface area contributed by atoms with E-state index in [1.807, 2.05) is 0 Å². The number of halogens is 3. The van der Waals surface area contributed by atoms with Crippen molar-refractivity contribution in [2.24, 2.45) is 0 Å². The maximum absolute atomic E-state index is 13.1. The molecule has 0 unspecified atom stereocenters. The molecule has 2 nitrogen and oxygen atoms in total. The first-order valence-electron chi connectivity index (χ1n) is 6.04. The Hall–Kier alpha value is -1.78. The van der Waals surface area contributed by atoms with Gasteiger partial charge in [-0.2, -0.15) is 13.2 Å². The Balaban J connectivity index is 2.63. The van der Waals surface area contributed by atoms with E-state index in [9.17, 15) is 18.0 Å². The molecule has 0 aliphatic heterocycles. The van der Waals surface area contributed by atoms with Crippen LogP contribution in [0.15, 0.2) is 24.3 Å². The largest absolute Gasteiger partial charge is 0.478 e. The summed E-state index contributed by atoms with van der Waals surface area (Å²) in [5, 5.41) is 8.93. The van der Waals surface area contributed by atoms with E-state index in [4.69, 9.17) is 5.11 Å². The van der Waals surface area contributed by atoms with Gasteiger partial charge in [0.05, 0.1) is 11.1 Å². The number of alkyl halides is 3. The summed E-state index contributed by atoms with van der Waals surface area (Å²) in [5.41, 5.74) is -1.11. The van der Waals surface area contributed by atoms with Crippen molar-refractivity contribution in [3.63, 3.8) is 0 Å². The number of rotatable bonds is 2.